The van der Waals surface area contributed by atoms with E-state index >= 15 is 0 Å². The molecule has 29 heavy (non-hydrogen) atoms. The molecular formula is C26H28N2O. The summed E-state index contributed by atoms with van der Waals surface area (Å²) in [6, 6.07) is 22.8. The van der Waals surface area contributed by atoms with Crippen molar-refractivity contribution in [1.82, 2.24) is 0 Å². The van der Waals surface area contributed by atoms with Crippen molar-refractivity contribution in [2.24, 2.45) is 0 Å². The highest BCUT2D eigenvalue weighted by Gasteiger charge is 2.35. The number of hydrogen-bond acceptors (Lipinski definition) is 2. The van der Waals surface area contributed by atoms with Crippen LogP contribution >= 0.6 is 0 Å². The van der Waals surface area contributed by atoms with Crippen LogP contribution in [-0.2, 0) is 0 Å². The van der Waals surface area contributed by atoms with Gasteiger partial charge in [0.05, 0.1) is 11.7 Å². The number of nitrogens with one attached hydrogen (secondary N) is 1. The minimum absolute atomic E-state index is 0.0717. The van der Waals surface area contributed by atoms with E-state index in [0.29, 0.717) is 0 Å². The number of hydrogen-bond donors (Lipinski definition) is 1. The molecule has 0 saturated heterocycles. The van der Waals surface area contributed by atoms with E-state index in [1.807, 2.05) is 36.1 Å². The van der Waals surface area contributed by atoms with Crippen LogP contribution in [0.1, 0.15) is 52.0 Å². The van der Waals surface area contributed by atoms with Crippen LogP contribution in [0.25, 0.3) is 0 Å². The minimum Gasteiger partial charge on any atom is -0.378 e. The average Bonchev–Trinajstić information content (AvgIpc) is 2.70. The van der Waals surface area contributed by atoms with E-state index in [4.69, 9.17) is 0 Å². The van der Waals surface area contributed by atoms with Crippen LogP contribution in [0.2, 0.25) is 0 Å². The van der Waals surface area contributed by atoms with Crippen LogP contribution in [0.4, 0.5) is 11.4 Å². The molecule has 4 rings (SSSR count). The summed E-state index contributed by atoms with van der Waals surface area (Å²) in [5.41, 5.74) is 7.64. The first kappa shape index (κ1) is 19.3. The molecule has 3 aromatic rings. The Hall–Kier alpha value is -3.07. The van der Waals surface area contributed by atoms with Gasteiger partial charge < -0.3 is 10.2 Å². The number of amides is 1. The molecular weight excluding hydrogens is 356 g/mol. The second-order valence-corrected chi connectivity index (χ2v) is 8.15. The molecule has 0 radical (unpaired) electrons. The summed E-state index contributed by atoms with van der Waals surface area (Å²) in [7, 11) is 0. The molecule has 0 bridgehead atoms. The maximum atomic E-state index is 13.5. The fourth-order valence-electron chi connectivity index (χ4n) is 4.28. The quantitative estimate of drug-likeness (QED) is 0.583. The van der Waals surface area contributed by atoms with Gasteiger partial charge in [-0.25, -0.2) is 0 Å². The van der Waals surface area contributed by atoms with Crippen LogP contribution < -0.4 is 10.2 Å². The predicted molar refractivity (Wildman–Crippen MR) is 121 cm³/mol. The number of benzene rings is 3. The van der Waals surface area contributed by atoms with Gasteiger partial charge in [-0.05, 0) is 69.0 Å². The number of nitrogens with zero attached hydrogens (tertiary/aromatic N) is 1. The van der Waals surface area contributed by atoms with Crippen molar-refractivity contribution in [2.45, 2.75) is 46.2 Å². The zero-order chi connectivity index (χ0) is 20.5. The van der Waals surface area contributed by atoms with Gasteiger partial charge in [-0.15, -0.1) is 0 Å². The third-order valence-corrected chi connectivity index (χ3v) is 5.89. The van der Waals surface area contributed by atoms with Crippen molar-refractivity contribution >= 4 is 17.3 Å². The Morgan fingerprint density at radius 1 is 0.897 bits per heavy atom. The van der Waals surface area contributed by atoms with Crippen LogP contribution in [0.3, 0.4) is 0 Å². The number of anilines is 2. The van der Waals surface area contributed by atoms with Crippen molar-refractivity contribution in [3.05, 3.63) is 94.5 Å². The van der Waals surface area contributed by atoms with Crippen LogP contribution in [-0.4, -0.2) is 11.9 Å². The van der Waals surface area contributed by atoms with Crippen molar-refractivity contribution < 1.29 is 4.79 Å². The van der Waals surface area contributed by atoms with Gasteiger partial charge in [-0.3, -0.25) is 4.79 Å². The lowest BCUT2D eigenvalue weighted by Crippen LogP contribution is -2.44. The maximum Gasteiger partial charge on any atom is 0.258 e. The topological polar surface area (TPSA) is 32.3 Å². The van der Waals surface area contributed by atoms with Gasteiger partial charge in [-0.1, -0.05) is 54.1 Å². The van der Waals surface area contributed by atoms with E-state index < -0.39 is 0 Å². The summed E-state index contributed by atoms with van der Waals surface area (Å²) >= 11 is 0. The Kier molecular flexibility index (Phi) is 5.14. The highest BCUT2D eigenvalue weighted by atomic mass is 16.2. The van der Waals surface area contributed by atoms with Gasteiger partial charge in [0.2, 0.25) is 0 Å². The van der Waals surface area contributed by atoms with E-state index in [1.165, 1.54) is 11.1 Å². The maximum absolute atomic E-state index is 13.5. The zero-order valence-electron chi connectivity index (χ0n) is 17.6. The fraction of sp³-hybridized carbons (Fsp3) is 0.269. The van der Waals surface area contributed by atoms with E-state index in [0.717, 1.165) is 34.5 Å². The highest BCUT2D eigenvalue weighted by molar-refractivity contribution is 6.07. The molecule has 0 saturated carbocycles. The van der Waals surface area contributed by atoms with Crippen LogP contribution in [0.15, 0.2) is 66.7 Å². The molecule has 0 unspecified atom stereocenters. The molecule has 0 aromatic heterocycles. The highest BCUT2D eigenvalue weighted by Crippen LogP contribution is 2.41. The van der Waals surface area contributed by atoms with Crippen molar-refractivity contribution in [1.29, 1.82) is 0 Å². The number of carbonyl (C=O) groups is 1. The molecule has 3 aromatic carbocycles. The monoisotopic (exact) mass is 384 g/mol. The first-order chi connectivity index (χ1) is 14.0. The molecule has 0 fully saturated rings. The lowest BCUT2D eigenvalue weighted by molar-refractivity contribution is 0.0974. The summed E-state index contributed by atoms with van der Waals surface area (Å²) in [4.78, 5) is 15.5. The number of para-hydroxylation sites is 2. The third kappa shape index (κ3) is 3.65. The van der Waals surface area contributed by atoms with Crippen molar-refractivity contribution in [3.63, 3.8) is 0 Å². The Bertz CT molecular complexity index is 1040. The van der Waals surface area contributed by atoms with Gasteiger partial charge in [0.15, 0.2) is 0 Å². The van der Waals surface area contributed by atoms with Gasteiger partial charge in [0.25, 0.3) is 5.91 Å². The number of rotatable bonds is 3. The van der Waals surface area contributed by atoms with Crippen LogP contribution in [0.5, 0.6) is 0 Å². The summed E-state index contributed by atoms with van der Waals surface area (Å²) in [5.74, 6) is 0.0717. The van der Waals surface area contributed by atoms with Crippen LogP contribution in [0, 0.1) is 20.8 Å². The number of aryl methyl sites for hydroxylation is 3. The Balaban J connectivity index is 1.74. The van der Waals surface area contributed by atoms with E-state index in [9.17, 15) is 4.79 Å². The number of fused-ring (bicyclic) bond motifs is 1. The molecule has 1 aliphatic heterocycles. The molecule has 0 spiro atoms. The van der Waals surface area contributed by atoms with Gasteiger partial charge in [0, 0.05) is 17.3 Å². The zero-order valence-corrected chi connectivity index (χ0v) is 17.6. The van der Waals surface area contributed by atoms with Crippen molar-refractivity contribution in [3.8, 4) is 0 Å². The van der Waals surface area contributed by atoms with E-state index in [2.05, 4.69) is 68.6 Å². The summed E-state index contributed by atoms with van der Waals surface area (Å²) in [5, 5.41) is 3.73. The molecule has 2 atom stereocenters. The lowest BCUT2D eigenvalue weighted by Gasteiger charge is -2.41. The molecule has 0 aliphatic carbocycles. The standard InChI is InChI=1S/C26H28N2O/c1-17-12-14-21(15-13-17)26(29)28-20(4)16-24(22-10-7-9-19(3)25(22)28)27-23-11-6-5-8-18(23)2/h5-15,20,24,27H,16H2,1-4H3/t20-,24+/m1/s1. The third-order valence-electron chi connectivity index (χ3n) is 5.89. The normalized spacial score (nSPS) is 18.3. The summed E-state index contributed by atoms with van der Waals surface area (Å²) in [6.45, 7) is 8.41. The molecule has 148 valence electrons. The van der Waals surface area contributed by atoms with E-state index in [-0.39, 0.29) is 18.0 Å². The molecule has 3 nitrogen and oxygen atoms in total. The Labute approximate surface area is 173 Å². The van der Waals surface area contributed by atoms with Crippen molar-refractivity contribution in [2.75, 3.05) is 10.2 Å². The fourth-order valence-corrected chi connectivity index (χ4v) is 4.28. The molecule has 1 aliphatic rings. The second kappa shape index (κ2) is 7.75. The largest absolute Gasteiger partial charge is 0.378 e. The summed E-state index contributed by atoms with van der Waals surface area (Å²) in [6.07, 6.45) is 0.863. The minimum atomic E-state index is 0.0717. The molecule has 1 heterocycles. The molecule has 3 heteroatoms. The molecule has 1 amide bonds. The molecule has 1 N–H and O–H groups in total. The van der Waals surface area contributed by atoms with E-state index in [1.54, 1.807) is 0 Å². The van der Waals surface area contributed by atoms with Gasteiger partial charge in [0.1, 0.15) is 0 Å². The Morgan fingerprint density at radius 2 is 1.59 bits per heavy atom. The smallest absolute Gasteiger partial charge is 0.258 e. The summed E-state index contributed by atoms with van der Waals surface area (Å²) < 4.78 is 0. The second-order valence-electron chi connectivity index (χ2n) is 8.15. The predicted octanol–water partition coefficient (Wildman–Crippen LogP) is 6.20. The Morgan fingerprint density at radius 3 is 2.31 bits per heavy atom. The number of carbonyl (C=O) groups excluding carboxylic acids is 1. The first-order valence-corrected chi connectivity index (χ1v) is 10.3. The lowest BCUT2D eigenvalue weighted by atomic mass is 9.88. The van der Waals surface area contributed by atoms with Gasteiger partial charge >= 0.3 is 0 Å². The van der Waals surface area contributed by atoms with Gasteiger partial charge in [-0.2, -0.15) is 0 Å². The average molecular weight is 385 g/mol. The first-order valence-electron chi connectivity index (χ1n) is 10.3. The SMILES string of the molecule is Cc1ccc(C(=O)N2c3c(C)cccc3[C@@H](Nc3ccccc3C)C[C@H]2C)cc1.